The minimum Gasteiger partial charge on any atom is -0.285 e. The molecule has 4 unspecified atom stereocenters. The molecule has 6 nitrogen and oxygen atoms in total. The Labute approximate surface area is 187 Å². The van der Waals surface area contributed by atoms with Gasteiger partial charge in [0, 0.05) is 7.05 Å². The Balaban J connectivity index is 1.46. The van der Waals surface area contributed by atoms with Crippen molar-refractivity contribution in [3.05, 3.63) is 53.1 Å². The van der Waals surface area contributed by atoms with E-state index < -0.39 is 23.7 Å². The van der Waals surface area contributed by atoms with Crippen molar-refractivity contribution >= 4 is 29.3 Å². The summed E-state index contributed by atoms with van der Waals surface area (Å²) >= 11 is 0. The van der Waals surface area contributed by atoms with Gasteiger partial charge in [0.15, 0.2) is 0 Å². The summed E-state index contributed by atoms with van der Waals surface area (Å²) in [4.78, 5) is 53.8. The number of anilines is 1. The SMILES string of the molecule is Cc1ccc(-c2ccc(N3C(=O)C4CC5C(=O)N(C)C(=O)C5CC4C3=O)cc2C)c(C)c1. The van der Waals surface area contributed by atoms with Gasteiger partial charge in [-0.15, -0.1) is 0 Å². The van der Waals surface area contributed by atoms with E-state index >= 15 is 0 Å². The van der Waals surface area contributed by atoms with E-state index in [0.29, 0.717) is 5.69 Å². The highest BCUT2D eigenvalue weighted by Crippen LogP contribution is 2.48. The van der Waals surface area contributed by atoms with Crippen LogP contribution in [0.4, 0.5) is 5.69 Å². The van der Waals surface area contributed by atoms with Gasteiger partial charge in [-0.05, 0) is 68.0 Å². The molecule has 5 rings (SSSR count). The van der Waals surface area contributed by atoms with Crippen molar-refractivity contribution in [1.82, 2.24) is 4.90 Å². The number of likely N-dealkylation sites (tertiary alicyclic amines) is 1. The topological polar surface area (TPSA) is 74.8 Å². The minimum atomic E-state index is -0.536. The van der Waals surface area contributed by atoms with E-state index in [1.54, 1.807) is 0 Å². The van der Waals surface area contributed by atoms with E-state index in [0.717, 1.165) is 21.6 Å². The smallest absolute Gasteiger partial charge is 0.237 e. The first-order valence-corrected chi connectivity index (χ1v) is 11.1. The third-order valence-corrected chi connectivity index (χ3v) is 7.50. The van der Waals surface area contributed by atoms with Gasteiger partial charge >= 0.3 is 0 Å². The average Bonchev–Trinajstić information content (AvgIpc) is 3.12. The monoisotopic (exact) mass is 430 g/mol. The molecular formula is C26H26N2O4. The number of carbonyl (C=O) groups is 4. The molecule has 4 amide bonds. The van der Waals surface area contributed by atoms with Crippen molar-refractivity contribution in [2.75, 3.05) is 11.9 Å². The summed E-state index contributed by atoms with van der Waals surface area (Å²) < 4.78 is 0. The van der Waals surface area contributed by atoms with Crippen LogP contribution in [0.25, 0.3) is 11.1 Å². The Kier molecular flexibility index (Phi) is 4.59. The maximum Gasteiger partial charge on any atom is 0.237 e. The summed E-state index contributed by atoms with van der Waals surface area (Å²) in [5, 5.41) is 0. The summed E-state index contributed by atoms with van der Waals surface area (Å²) in [5.41, 5.74) is 6.10. The predicted octanol–water partition coefficient (Wildman–Crippen LogP) is 3.41. The number of benzene rings is 2. The zero-order chi connectivity index (χ0) is 22.9. The highest BCUT2D eigenvalue weighted by atomic mass is 16.2. The fraction of sp³-hybridized carbons (Fsp3) is 0.385. The maximum absolute atomic E-state index is 13.3. The third-order valence-electron chi connectivity index (χ3n) is 7.50. The molecule has 6 heteroatoms. The van der Waals surface area contributed by atoms with E-state index in [4.69, 9.17) is 0 Å². The Morgan fingerprint density at radius 2 is 1.12 bits per heavy atom. The van der Waals surface area contributed by atoms with Crippen molar-refractivity contribution in [1.29, 1.82) is 0 Å². The summed E-state index contributed by atoms with van der Waals surface area (Å²) in [5.74, 6) is -3.02. The number of fused-ring (bicyclic) bond motifs is 2. The Morgan fingerprint density at radius 1 is 0.656 bits per heavy atom. The zero-order valence-corrected chi connectivity index (χ0v) is 18.7. The Hall–Kier alpha value is -3.28. The Morgan fingerprint density at radius 3 is 1.62 bits per heavy atom. The van der Waals surface area contributed by atoms with Crippen molar-refractivity contribution in [2.24, 2.45) is 23.7 Å². The molecule has 2 aromatic carbocycles. The van der Waals surface area contributed by atoms with E-state index in [9.17, 15) is 19.2 Å². The summed E-state index contributed by atoms with van der Waals surface area (Å²) in [6.07, 6.45) is 0.538. The van der Waals surface area contributed by atoms with Gasteiger partial charge in [0.2, 0.25) is 23.6 Å². The molecule has 3 aliphatic rings. The molecule has 32 heavy (non-hydrogen) atoms. The molecule has 3 fully saturated rings. The van der Waals surface area contributed by atoms with Crippen LogP contribution in [0.1, 0.15) is 29.5 Å². The molecule has 1 saturated carbocycles. The number of hydrogen-bond donors (Lipinski definition) is 0. The molecule has 2 aromatic rings. The summed E-state index contributed by atoms with van der Waals surface area (Å²) in [6.45, 7) is 6.11. The molecule has 0 radical (unpaired) electrons. The molecule has 2 saturated heterocycles. The molecule has 0 spiro atoms. The van der Waals surface area contributed by atoms with Gasteiger partial charge in [-0.1, -0.05) is 29.8 Å². The van der Waals surface area contributed by atoms with Crippen LogP contribution in [0.2, 0.25) is 0 Å². The summed E-state index contributed by atoms with van der Waals surface area (Å²) in [7, 11) is 1.48. The first-order chi connectivity index (χ1) is 15.2. The first kappa shape index (κ1) is 20.6. The second-order valence-corrected chi connectivity index (χ2v) is 9.46. The van der Waals surface area contributed by atoms with Crippen LogP contribution >= 0.6 is 0 Å². The molecule has 164 valence electrons. The van der Waals surface area contributed by atoms with E-state index in [1.165, 1.54) is 23.1 Å². The molecule has 4 atom stereocenters. The number of rotatable bonds is 2. The minimum absolute atomic E-state index is 0.231. The quantitative estimate of drug-likeness (QED) is 0.685. The molecular weight excluding hydrogens is 404 g/mol. The van der Waals surface area contributed by atoms with Gasteiger partial charge in [-0.3, -0.25) is 29.0 Å². The predicted molar refractivity (Wildman–Crippen MR) is 120 cm³/mol. The Bertz CT molecular complexity index is 1160. The van der Waals surface area contributed by atoms with E-state index in [1.807, 2.05) is 25.1 Å². The standard InChI is InChI=1S/C26H26N2O4/c1-13-5-7-17(14(2)9-13)18-8-6-16(10-15(18)3)28-25(31)21-11-19-20(12-22(21)26(28)32)24(30)27(4)23(19)29/h5-10,19-22H,11-12H2,1-4H3. The lowest BCUT2D eigenvalue weighted by Crippen LogP contribution is -2.35. The van der Waals surface area contributed by atoms with Gasteiger partial charge in [0.25, 0.3) is 0 Å². The van der Waals surface area contributed by atoms with Crippen LogP contribution < -0.4 is 4.90 Å². The molecule has 2 aliphatic heterocycles. The number of imide groups is 2. The van der Waals surface area contributed by atoms with Crippen LogP contribution in [0.3, 0.4) is 0 Å². The van der Waals surface area contributed by atoms with Gasteiger partial charge in [-0.2, -0.15) is 0 Å². The lowest BCUT2D eigenvalue weighted by Gasteiger charge is -2.28. The van der Waals surface area contributed by atoms with E-state index in [-0.39, 0.29) is 36.5 Å². The van der Waals surface area contributed by atoms with Crippen LogP contribution in [-0.2, 0) is 19.2 Å². The number of aryl methyl sites for hydroxylation is 3. The van der Waals surface area contributed by atoms with Crippen LogP contribution in [0, 0.1) is 44.4 Å². The van der Waals surface area contributed by atoms with Crippen molar-refractivity contribution < 1.29 is 19.2 Å². The van der Waals surface area contributed by atoms with Gasteiger partial charge in [0.1, 0.15) is 0 Å². The molecule has 1 aliphatic carbocycles. The van der Waals surface area contributed by atoms with Crippen LogP contribution in [0.15, 0.2) is 36.4 Å². The number of carbonyl (C=O) groups excluding carboxylic acids is 4. The van der Waals surface area contributed by atoms with Crippen LogP contribution in [-0.4, -0.2) is 35.6 Å². The highest BCUT2D eigenvalue weighted by Gasteiger charge is 2.59. The van der Waals surface area contributed by atoms with Crippen molar-refractivity contribution in [2.45, 2.75) is 33.6 Å². The van der Waals surface area contributed by atoms with E-state index in [2.05, 4.69) is 32.0 Å². The summed E-state index contributed by atoms with van der Waals surface area (Å²) in [6, 6.07) is 12.0. The second kappa shape index (κ2) is 7.12. The first-order valence-electron chi connectivity index (χ1n) is 11.1. The fourth-order valence-corrected chi connectivity index (χ4v) is 5.80. The zero-order valence-electron chi connectivity index (χ0n) is 18.7. The highest BCUT2D eigenvalue weighted by molar-refractivity contribution is 6.22. The number of hydrogen-bond acceptors (Lipinski definition) is 4. The molecule has 2 heterocycles. The number of nitrogens with zero attached hydrogens (tertiary/aromatic N) is 2. The second-order valence-electron chi connectivity index (χ2n) is 9.46. The van der Waals surface area contributed by atoms with Crippen LogP contribution in [0.5, 0.6) is 0 Å². The normalized spacial score (nSPS) is 27.2. The molecule has 0 aromatic heterocycles. The third kappa shape index (κ3) is 2.85. The lowest BCUT2D eigenvalue weighted by molar-refractivity contribution is -0.138. The number of amides is 4. The van der Waals surface area contributed by atoms with Crippen molar-refractivity contribution in [3.63, 3.8) is 0 Å². The van der Waals surface area contributed by atoms with Gasteiger partial charge < -0.3 is 0 Å². The fourth-order valence-electron chi connectivity index (χ4n) is 5.80. The molecule has 0 N–H and O–H groups in total. The van der Waals surface area contributed by atoms with Gasteiger partial charge in [0.05, 0.1) is 29.4 Å². The van der Waals surface area contributed by atoms with Crippen molar-refractivity contribution in [3.8, 4) is 11.1 Å². The average molecular weight is 431 g/mol. The van der Waals surface area contributed by atoms with Gasteiger partial charge in [-0.25, -0.2) is 0 Å². The molecule has 0 bridgehead atoms. The maximum atomic E-state index is 13.3. The largest absolute Gasteiger partial charge is 0.285 e. The lowest BCUT2D eigenvalue weighted by atomic mass is 9.70.